The van der Waals surface area contributed by atoms with Crippen molar-refractivity contribution in [1.82, 2.24) is 0 Å². The fraction of sp³-hybridized carbons (Fsp3) is 0.120. The minimum absolute atomic E-state index is 0.185. The number of halogens is 2. The van der Waals surface area contributed by atoms with E-state index in [0.717, 1.165) is 22.4 Å². The Morgan fingerprint density at radius 2 is 1.72 bits per heavy atom. The lowest BCUT2D eigenvalue weighted by molar-refractivity contribution is -0.113. The Hall–Kier alpha value is -2.31. The zero-order valence-electron chi connectivity index (χ0n) is 17.4. The Balaban J connectivity index is 1.68. The largest absolute Gasteiger partial charge is 0.487 e. The molecule has 0 saturated carbocycles. The van der Waals surface area contributed by atoms with Crippen LogP contribution in [-0.2, 0) is 11.4 Å². The van der Waals surface area contributed by atoms with Crippen molar-refractivity contribution in [2.75, 3.05) is 4.90 Å². The van der Waals surface area contributed by atoms with E-state index in [1.807, 2.05) is 62.4 Å². The predicted octanol–water partition coefficient (Wildman–Crippen LogP) is 7.60. The van der Waals surface area contributed by atoms with Gasteiger partial charge in [-0.05, 0) is 54.8 Å². The third-order valence-corrected chi connectivity index (χ3v) is 6.91. The highest BCUT2D eigenvalue weighted by molar-refractivity contribution is 8.27. The molecule has 3 nitrogen and oxygen atoms in total. The number of carbonyl (C=O) groups is 1. The third-order valence-electron chi connectivity index (χ3n) is 5.11. The summed E-state index contributed by atoms with van der Waals surface area (Å²) < 4.78 is 6.57. The average molecular weight is 500 g/mol. The molecule has 0 aliphatic carbocycles. The molecule has 0 N–H and O–H groups in total. The lowest BCUT2D eigenvalue weighted by Crippen LogP contribution is -2.28. The summed E-state index contributed by atoms with van der Waals surface area (Å²) in [5.74, 6) is 0.288. The first-order chi connectivity index (χ1) is 15.3. The van der Waals surface area contributed by atoms with Gasteiger partial charge in [-0.25, -0.2) is 0 Å². The summed E-state index contributed by atoms with van der Waals surface area (Å²) in [4.78, 5) is 15.3. The number of benzene rings is 3. The number of aryl methyl sites for hydroxylation is 2. The van der Waals surface area contributed by atoms with Crippen LogP contribution >= 0.6 is 47.2 Å². The predicted molar refractivity (Wildman–Crippen MR) is 139 cm³/mol. The molecule has 4 rings (SSSR count). The number of rotatable bonds is 5. The lowest BCUT2D eigenvalue weighted by atomic mass is 10.1. The number of amides is 1. The number of hydrogen-bond acceptors (Lipinski definition) is 4. The number of thiocarbonyl (C=S) groups is 1. The second kappa shape index (κ2) is 9.67. The van der Waals surface area contributed by atoms with Gasteiger partial charge in [-0.3, -0.25) is 9.69 Å². The molecule has 162 valence electrons. The first-order valence-corrected chi connectivity index (χ1v) is 11.8. The molecule has 32 heavy (non-hydrogen) atoms. The van der Waals surface area contributed by atoms with Crippen LogP contribution in [0.5, 0.6) is 5.75 Å². The van der Waals surface area contributed by atoms with E-state index in [9.17, 15) is 4.79 Å². The molecule has 0 radical (unpaired) electrons. The van der Waals surface area contributed by atoms with Gasteiger partial charge in [-0.15, -0.1) is 0 Å². The average Bonchev–Trinajstić information content (AvgIpc) is 3.02. The monoisotopic (exact) mass is 499 g/mol. The standard InChI is InChI=1S/C25H19Cl2NO2S2/c1-15-7-3-5-9-17(15)14-30-23-18(11-19(26)13-20(23)27)12-22-24(29)28(25(31)32-22)21-10-6-4-8-16(21)2/h3-13H,14H2,1-2H3. The Labute approximate surface area is 207 Å². The molecule has 3 aromatic carbocycles. The maximum absolute atomic E-state index is 13.2. The second-order valence-corrected chi connectivity index (χ2v) is 9.84. The first kappa shape index (κ1) is 22.9. The number of hydrogen-bond donors (Lipinski definition) is 0. The van der Waals surface area contributed by atoms with Crippen LogP contribution in [0.25, 0.3) is 6.08 Å². The molecular weight excluding hydrogens is 481 g/mol. The van der Waals surface area contributed by atoms with Crippen LogP contribution in [0.2, 0.25) is 10.0 Å². The van der Waals surface area contributed by atoms with Crippen molar-refractivity contribution in [3.63, 3.8) is 0 Å². The summed E-state index contributed by atoms with van der Waals surface area (Å²) in [7, 11) is 0. The molecule has 1 amide bonds. The van der Waals surface area contributed by atoms with Crippen LogP contribution in [-0.4, -0.2) is 10.2 Å². The highest BCUT2D eigenvalue weighted by atomic mass is 35.5. The maximum atomic E-state index is 13.2. The summed E-state index contributed by atoms with van der Waals surface area (Å²) in [6.07, 6.45) is 1.74. The van der Waals surface area contributed by atoms with Crippen LogP contribution < -0.4 is 9.64 Å². The number of carbonyl (C=O) groups excluding carboxylic acids is 1. The van der Waals surface area contributed by atoms with Gasteiger partial charge in [-0.2, -0.15) is 0 Å². The van der Waals surface area contributed by atoms with Crippen LogP contribution in [0.1, 0.15) is 22.3 Å². The molecule has 7 heteroatoms. The molecule has 0 atom stereocenters. The van der Waals surface area contributed by atoms with Crippen molar-refractivity contribution in [2.45, 2.75) is 20.5 Å². The van der Waals surface area contributed by atoms with Crippen molar-refractivity contribution >= 4 is 69.2 Å². The molecule has 3 aromatic rings. The third kappa shape index (κ3) is 4.71. The Bertz CT molecular complexity index is 1260. The van der Waals surface area contributed by atoms with Gasteiger partial charge in [0.05, 0.1) is 15.6 Å². The molecule has 1 saturated heterocycles. The number of para-hydroxylation sites is 1. The van der Waals surface area contributed by atoms with Crippen molar-refractivity contribution in [3.05, 3.63) is 97.9 Å². The van der Waals surface area contributed by atoms with Crippen molar-refractivity contribution in [3.8, 4) is 5.75 Å². The zero-order valence-corrected chi connectivity index (χ0v) is 20.5. The van der Waals surface area contributed by atoms with E-state index in [2.05, 4.69) is 0 Å². The van der Waals surface area contributed by atoms with E-state index >= 15 is 0 Å². The number of ether oxygens (including phenoxy) is 1. The van der Waals surface area contributed by atoms with E-state index in [1.54, 1.807) is 23.1 Å². The van der Waals surface area contributed by atoms with Crippen molar-refractivity contribution in [2.24, 2.45) is 0 Å². The zero-order chi connectivity index (χ0) is 22.8. The SMILES string of the molecule is Cc1ccccc1COc1c(Cl)cc(Cl)cc1C=C1SC(=S)N(c2ccccc2C)C1=O. The van der Waals surface area contributed by atoms with Crippen LogP contribution in [0.3, 0.4) is 0 Å². The van der Waals surface area contributed by atoms with Gasteiger partial charge in [0.25, 0.3) is 5.91 Å². The number of thioether (sulfide) groups is 1. The molecule has 0 spiro atoms. The first-order valence-electron chi connectivity index (χ1n) is 9.85. The Morgan fingerprint density at radius 1 is 1.03 bits per heavy atom. The van der Waals surface area contributed by atoms with Gasteiger partial charge in [0, 0.05) is 10.6 Å². The molecule has 1 aliphatic rings. The van der Waals surface area contributed by atoms with Crippen molar-refractivity contribution in [1.29, 1.82) is 0 Å². The molecule has 0 aromatic heterocycles. The van der Waals surface area contributed by atoms with E-state index in [-0.39, 0.29) is 5.91 Å². The molecule has 0 bridgehead atoms. The fourth-order valence-corrected chi connectivity index (χ4v) is 5.23. The smallest absolute Gasteiger partial charge is 0.270 e. The van der Waals surface area contributed by atoms with Gasteiger partial charge in [0.15, 0.2) is 4.32 Å². The fourth-order valence-electron chi connectivity index (χ4n) is 3.39. The van der Waals surface area contributed by atoms with Crippen LogP contribution in [0, 0.1) is 13.8 Å². The number of anilines is 1. The summed E-state index contributed by atoms with van der Waals surface area (Å²) in [5.41, 5.74) is 4.55. The van der Waals surface area contributed by atoms with Gasteiger partial charge >= 0.3 is 0 Å². The van der Waals surface area contributed by atoms with E-state index < -0.39 is 0 Å². The highest BCUT2D eigenvalue weighted by Crippen LogP contribution is 2.40. The topological polar surface area (TPSA) is 29.5 Å². The van der Waals surface area contributed by atoms with Gasteiger partial charge in [-0.1, -0.05) is 89.6 Å². The van der Waals surface area contributed by atoms with Crippen LogP contribution in [0.15, 0.2) is 65.6 Å². The Kier molecular flexibility index (Phi) is 6.91. The van der Waals surface area contributed by atoms with Crippen LogP contribution in [0.4, 0.5) is 5.69 Å². The summed E-state index contributed by atoms with van der Waals surface area (Å²) in [6.45, 7) is 4.32. The van der Waals surface area contributed by atoms with E-state index in [1.165, 1.54) is 11.8 Å². The number of nitrogens with zero attached hydrogens (tertiary/aromatic N) is 1. The molecule has 1 heterocycles. The van der Waals surface area contributed by atoms with Gasteiger partial charge in [0.2, 0.25) is 0 Å². The Morgan fingerprint density at radius 3 is 2.44 bits per heavy atom. The summed E-state index contributed by atoms with van der Waals surface area (Å²) in [6, 6.07) is 19.0. The quantitative estimate of drug-likeness (QED) is 0.267. The molecule has 1 aliphatic heterocycles. The van der Waals surface area contributed by atoms with E-state index in [0.29, 0.717) is 37.2 Å². The molecular formula is C25H19Cl2NO2S2. The van der Waals surface area contributed by atoms with Gasteiger partial charge < -0.3 is 4.74 Å². The van der Waals surface area contributed by atoms with Crippen molar-refractivity contribution < 1.29 is 9.53 Å². The molecule has 0 unspecified atom stereocenters. The molecule has 1 fully saturated rings. The second-order valence-electron chi connectivity index (χ2n) is 7.32. The minimum atomic E-state index is -0.185. The summed E-state index contributed by atoms with van der Waals surface area (Å²) in [5, 5.41) is 0.839. The minimum Gasteiger partial charge on any atom is -0.487 e. The highest BCUT2D eigenvalue weighted by Gasteiger charge is 2.34. The van der Waals surface area contributed by atoms with E-state index in [4.69, 9.17) is 40.2 Å². The maximum Gasteiger partial charge on any atom is 0.270 e. The lowest BCUT2D eigenvalue weighted by Gasteiger charge is -2.17. The normalized spacial score (nSPS) is 15.0. The summed E-state index contributed by atoms with van der Waals surface area (Å²) >= 11 is 19.5. The van der Waals surface area contributed by atoms with Gasteiger partial charge in [0.1, 0.15) is 12.4 Å².